The van der Waals surface area contributed by atoms with Crippen LogP contribution in [0.4, 0.5) is 13.2 Å². The third-order valence-corrected chi connectivity index (χ3v) is 3.45. The van der Waals surface area contributed by atoms with Gasteiger partial charge in [-0.05, 0) is 37.1 Å². The van der Waals surface area contributed by atoms with Crippen molar-refractivity contribution in [2.24, 2.45) is 11.7 Å². The van der Waals surface area contributed by atoms with E-state index in [1.165, 1.54) is 12.1 Å². The summed E-state index contributed by atoms with van der Waals surface area (Å²) in [5.41, 5.74) is 5.32. The number of carbonyl (C=O) groups excluding carboxylic acids is 1. The third-order valence-electron chi connectivity index (χ3n) is 3.45. The van der Waals surface area contributed by atoms with Gasteiger partial charge in [-0.25, -0.2) is 0 Å². The monoisotopic (exact) mass is 340 g/mol. The zero-order valence-corrected chi connectivity index (χ0v) is 13.3. The number of amides is 1. The van der Waals surface area contributed by atoms with Crippen LogP contribution in [0.3, 0.4) is 0 Å². The zero-order chi connectivity index (χ0) is 16.3. The van der Waals surface area contributed by atoms with Gasteiger partial charge >= 0.3 is 6.36 Å². The minimum Gasteiger partial charge on any atom is -0.406 e. The molecule has 1 unspecified atom stereocenters. The molecule has 0 fully saturated rings. The number of nitrogens with one attached hydrogen (secondary N) is 1. The molecule has 3 N–H and O–H groups in total. The Hall–Kier alpha value is -1.47. The van der Waals surface area contributed by atoms with Crippen LogP contribution < -0.4 is 15.8 Å². The maximum atomic E-state index is 12.1. The van der Waals surface area contributed by atoms with Crippen LogP contribution in [0.15, 0.2) is 24.3 Å². The van der Waals surface area contributed by atoms with Crippen molar-refractivity contribution >= 4 is 18.3 Å². The summed E-state index contributed by atoms with van der Waals surface area (Å²) in [5.74, 6) is -0.654. The fourth-order valence-electron chi connectivity index (χ4n) is 1.57. The zero-order valence-electron chi connectivity index (χ0n) is 12.5. The molecule has 0 heterocycles. The molecule has 0 saturated carbocycles. The first kappa shape index (κ1) is 20.5. The molecule has 0 radical (unpaired) electrons. The summed E-state index contributed by atoms with van der Waals surface area (Å²) >= 11 is 0. The van der Waals surface area contributed by atoms with Gasteiger partial charge in [0.2, 0.25) is 0 Å². The van der Waals surface area contributed by atoms with Crippen molar-refractivity contribution in [3.8, 4) is 5.75 Å². The van der Waals surface area contributed by atoms with Crippen molar-refractivity contribution in [1.29, 1.82) is 0 Å². The Morgan fingerprint density at radius 3 is 2.14 bits per heavy atom. The molecule has 1 atom stereocenters. The van der Waals surface area contributed by atoms with Crippen LogP contribution in [0.2, 0.25) is 0 Å². The molecule has 0 aliphatic heterocycles. The summed E-state index contributed by atoms with van der Waals surface area (Å²) in [4.78, 5) is 12.1. The van der Waals surface area contributed by atoms with Gasteiger partial charge in [0.1, 0.15) is 5.75 Å². The number of hydrogen-bond acceptors (Lipinski definition) is 3. The lowest BCUT2D eigenvalue weighted by atomic mass is 9.88. The van der Waals surface area contributed by atoms with Crippen molar-refractivity contribution in [2.45, 2.75) is 32.7 Å². The van der Waals surface area contributed by atoms with Gasteiger partial charge in [-0.1, -0.05) is 13.8 Å². The predicted molar refractivity (Wildman–Crippen MR) is 80.1 cm³/mol. The van der Waals surface area contributed by atoms with E-state index in [9.17, 15) is 18.0 Å². The van der Waals surface area contributed by atoms with Gasteiger partial charge in [0, 0.05) is 12.1 Å². The molecular formula is C14H20ClF3N2O2. The molecule has 0 aliphatic carbocycles. The molecule has 1 amide bonds. The Balaban J connectivity index is 0.00000441. The number of carbonyl (C=O) groups is 1. The topological polar surface area (TPSA) is 64.3 Å². The number of rotatable bonds is 5. The Morgan fingerprint density at radius 2 is 1.77 bits per heavy atom. The van der Waals surface area contributed by atoms with E-state index in [1.54, 1.807) is 0 Å². The number of halogens is 4. The van der Waals surface area contributed by atoms with Crippen LogP contribution in [0.25, 0.3) is 0 Å². The van der Waals surface area contributed by atoms with E-state index in [-0.39, 0.29) is 36.2 Å². The van der Waals surface area contributed by atoms with Gasteiger partial charge in [0.05, 0.1) is 5.54 Å². The van der Waals surface area contributed by atoms with E-state index >= 15 is 0 Å². The summed E-state index contributed by atoms with van der Waals surface area (Å²) in [6.07, 6.45) is -4.75. The highest BCUT2D eigenvalue weighted by Crippen LogP contribution is 2.23. The highest BCUT2D eigenvalue weighted by molar-refractivity contribution is 5.94. The molecule has 1 aromatic rings. The summed E-state index contributed by atoms with van der Waals surface area (Å²) in [6.45, 7) is 5.92. The predicted octanol–water partition coefficient (Wildman–Crippen LogP) is 3.11. The lowest BCUT2D eigenvalue weighted by Gasteiger charge is -2.33. The Morgan fingerprint density at radius 1 is 1.27 bits per heavy atom. The average molecular weight is 341 g/mol. The minimum absolute atomic E-state index is 0. The molecule has 22 heavy (non-hydrogen) atoms. The molecular weight excluding hydrogens is 321 g/mol. The molecule has 0 bridgehead atoms. The van der Waals surface area contributed by atoms with E-state index < -0.39 is 17.8 Å². The Bertz CT molecular complexity index is 492. The first-order valence-corrected chi connectivity index (χ1v) is 6.46. The largest absolute Gasteiger partial charge is 0.573 e. The lowest BCUT2D eigenvalue weighted by Crippen LogP contribution is -2.55. The Kier molecular flexibility index (Phi) is 7.18. The van der Waals surface area contributed by atoms with Gasteiger partial charge < -0.3 is 15.8 Å². The molecule has 8 heteroatoms. The molecule has 0 spiro atoms. The summed E-state index contributed by atoms with van der Waals surface area (Å²) in [6, 6.07) is 4.73. The molecule has 0 aromatic heterocycles. The highest BCUT2D eigenvalue weighted by atomic mass is 35.5. The minimum atomic E-state index is -4.75. The van der Waals surface area contributed by atoms with Gasteiger partial charge in [-0.2, -0.15) is 0 Å². The van der Waals surface area contributed by atoms with Gasteiger partial charge in [-0.3, -0.25) is 4.79 Å². The van der Waals surface area contributed by atoms with Crippen LogP contribution in [-0.4, -0.2) is 24.4 Å². The second-order valence-corrected chi connectivity index (χ2v) is 5.30. The van der Waals surface area contributed by atoms with Crippen LogP contribution in [0, 0.1) is 5.92 Å². The first-order valence-electron chi connectivity index (χ1n) is 6.46. The van der Waals surface area contributed by atoms with Crippen LogP contribution in [0.5, 0.6) is 5.75 Å². The van der Waals surface area contributed by atoms with E-state index in [2.05, 4.69) is 10.1 Å². The van der Waals surface area contributed by atoms with E-state index in [4.69, 9.17) is 5.73 Å². The average Bonchev–Trinajstić information content (AvgIpc) is 2.37. The molecule has 1 aromatic carbocycles. The van der Waals surface area contributed by atoms with Gasteiger partial charge in [-0.15, -0.1) is 25.6 Å². The maximum absolute atomic E-state index is 12.1. The maximum Gasteiger partial charge on any atom is 0.573 e. The van der Waals surface area contributed by atoms with E-state index in [0.717, 1.165) is 12.1 Å². The number of benzene rings is 1. The number of nitrogens with two attached hydrogens (primary N) is 1. The quantitative estimate of drug-likeness (QED) is 0.865. The SMILES string of the molecule is CC(C)C(C)(CN)NC(=O)c1ccc(OC(F)(F)F)cc1.Cl. The molecule has 126 valence electrons. The fourth-order valence-corrected chi connectivity index (χ4v) is 1.57. The van der Waals surface area contributed by atoms with E-state index in [0.29, 0.717) is 0 Å². The van der Waals surface area contributed by atoms with E-state index in [1.807, 2.05) is 20.8 Å². The second kappa shape index (κ2) is 7.69. The molecule has 0 aliphatic rings. The van der Waals surface area contributed by atoms with Crippen molar-refractivity contribution < 1.29 is 22.7 Å². The van der Waals surface area contributed by atoms with Gasteiger partial charge in [0.25, 0.3) is 5.91 Å². The number of ether oxygens (including phenoxy) is 1. The van der Waals surface area contributed by atoms with Crippen molar-refractivity contribution in [3.63, 3.8) is 0 Å². The second-order valence-electron chi connectivity index (χ2n) is 5.30. The number of alkyl halides is 3. The highest BCUT2D eigenvalue weighted by Gasteiger charge is 2.31. The van der Waals surface area contributed by atoms with Crippen molar-refractivity contribution in [3.05, 3.63) is 29.8 Å². The third kappa shape index (κ3) is 5.73. The first-order chi connectivity index (χ1) is 9.57. The van der Waals surface area contributed by atoms with Crippen molar-refractivity contribution in [1.82, 2.24) is 5.32 Å². The smallest absolute Gasteiger partial charge is 0.406 e. The lowest BCUT2D eigenvalue weighted by molar-refractivity contribution is -0.274. The Labute approximate surface area is 133 Å². The number of hydrogen-bond donors (Lipinski definition) is 2. The fraction of sp³-hybridized carbons (Fsp3) is 0.500. The standard InChI is InChI=1S/C14H19F3N2O2.ClH/c1-9(2)13(3,8-18)19-12(20)10-4-6-11(7-5-10)21-14(15,16)17;/h4-7,9H,8,18H2,1-3H3,(H,19,20);1H. The van der Waals surface area contributed by atoms with Crippen LogP contribution in [-0.2, 0) is 0 Å². The van der Waals surface area contributed by atoms with Gasteiger partial charge in [0.15, 0.2) is 0 Å². The molecule has 4 nitrogen and oxygen atoms in total. The van der Waals surface area contributed by atoms with Crippen LogP contribution in [0.1, 0.15) is 31.1 Å². The summed E-state index contributed by atoms with van der Waals surface area (Å²) < 4.78 is 39.9. The summed E-state index contributed by atoms with van der Waals surface area (Å²) in [7, 11) is 0. The van der Waals surface area contributed by atoms with Crippen molar-refractivity contribution in [2.75, 3.05) is 6.54 Å². The molecule has 1 rings (SSSR count). The normalized spacial score (nSPS) is 14.0. The summed E-state index contributed by atoms with van der Waals surface area (Å²) in [5, 5.41) is 2.80. The molecule has 0 saturated heterocycles. The van der Waals surface area contributed by atoms with Crippen LogP contribution >= 0.6 is 12.4 Å².